The lowest BCUT2D eigenvalue weighted by Crippen LogP contribution is -1.84. The summed E-state index contributed by atoms with van der Waals surface area (Å²) in [4.78, 5) is 10.1. The highest BCUT2D eigenvalue weighted by Crippen LogP contribution is 2.15. The first-order valence-electron chi connectivity index (χ1n) is 4.02. The van der Waals surface area contributed by atoms with E-state index in [2.05, 4.69) is 0 Å². The van der Waals surface area contributed by atoms with Crippen molar-refractivity contribution in [3.8, 4) is 0 Å². The summed E-state index contributed by atoms with van der Waals surface area (Å²) in [5, 5.41) is 8.96. The summed E-state index contributed by atoms with van der Waals surface area (Å²) in [6.07, 6.45) is 5.90. The van der Waals surface area contributed by atoms with Crippen molar-refractivity contribution >= 4 is 23.6 Å². The first-order chi connectivity index (χ1) is 6.70. The van der Waals surface area contributed by atoms with E-state index in [4.69, 9.17) is 16.7 Å². The molecule has 3 heteroatoms. The summed E-state index contributed by atoms with van der Waals surface area (Å²) in [5.74, 6) is -0.964. The van der Waals surface area contributed by atoms with Crippen LogP contribution >= 0.6 is 11.6 Å². The van der Waals surface area contributed by atoms with E-state index in [1.165, 1.54) is 6.08 Å². The second-order valence-corrected chi connectivity index (χ2v) is 2.99. The second kappa shape index (κ2) is 5.25. The number of carbonyl (C=O) groups is 1. The summed E-state index contributed by atoms with van der Waals surface area (Å²) in [5.41, 5.74) is 0.865. The van der Waals surface area contributed by atoms with Crippen molar-refractivity contribution in [3.05, 3.63) is 53.1 Å². The lowest BCUT2D eigenvalue weighted by atomic mass is 10.2. The fourth-order valence-corrected chi connectivity index (χ4v) is 1.11. The minimum atomic E-state index is -0.964. The van der Waals surface area contributed by atoms with E-state index < -0.39 is 5.97 Å². The number of rotatable bonds is 3. The molecule has 0 bridgehead atoms. The van der Waals surface area contributed by atoms with Gasteiger partial charge in [-0.15, -0.1) is 0 Å². The van der Waals surface area contributed by atoms with Crippen LogP contribution in [0.4, 0.5) is 0 Å². The number of carboxylic acids is 1. The predicted octanol–water partition coefficient (Wildman–Crippen LogP) is 2.99. The lowest BCUT2D eigenvalue weighted by molar-refractivity contribution is -0.131. The van der Waals surface area contributed by atoms with E-state index in [0.717, 1.165) is 11.6 Å². The summed E-state index contributed by atoms with van der Waals surface area (Å²) in [6, 6.07) is 7.34. The molecule has 0 amide bonds. The molecule has 0 atom stereocenters. The van der Waals surface area contributed by atoms with Gasteiger partial charge in [0.15, 0.2) is 0 Å². The Hall–Kier alpha value is -1.54. The smallest absolute Gasteiger partial charge is 0.328 e. The number of hydrogen-bond donors (Lipinski definition) is 1. The molecule has 0 aromatic heterocycles. The standard InChI is InChI=1S/C11H9ClO2/c12-10-7-3-1-5-9(10)6-2-4-8-11(13)14/h1-8H,(H,13,14)/b6-2+,8-4+. The van der Waals surface area contributed by atoms with Crippen LogP contribution in [0.3, 0.4) is 0 Å². The Morgan fingerprint density at radius 1 is 1.29 bits per heavy atom. The summed E-state index contributed by atoms with van der Waals surface area (Å²) in [7, 11) is 0. The molecule has 72 valence electrons. The number of halogens is 1. The van der Waals surface area contributed by atoms with E-state index in [9.17, 15) is 4.79 Å². The van der Waals surface area contributed by atoms with E-state index >= 15 is 0 Å². The fraction of sp³-hybridized carbons (Fsp3) is 0. The van der Waals surface area contributed by atoms with Crippen LogP contribution in [-0.2, 0) is 4.79 Å². The Kier molecular flexibility index (Phi) is 3.95. The van der Waals surface area contributed by atoms with Gasteiger partial charge in [-0.05, 0) is 11.6 Å². The van der Waals surface area contributed by atoms with Crippen molar-refractivity contribution in [2.45, 2.75) is 0 Å². The molecule has 1 aromatic carbocycles. The van der Waals surface area contributed by atoms with Gasteiger partial charge in [0.05, 0.1) is 0 Å². The molecule has 0 unspecified atom stereocenters. The molecule has 0 fully saturated rings. The molecule has 0 spiro atoms. The molecule has 0 heterocycles. The Balaban J connectivity index is 2.69. The van der Waals surface area contributed by atoms with Crippen molar-refractivity contribution in [3.63, 3.8) is 0 Å². The van der Waals surface area contributed by atoms with E-state index in [-0.39, 0.29) is 0 Å². The molecule has 0 aliphatic heterocycles. The van der Waals surface area contributed by atoms with Crippen LogP contribution in [0, 0.1) is 0 Å². The minimum Gasteiger partial charge on any atom is -0.478 e. The molecule has 1 rings (SSSR count). The zero-order chi connectivity index (χ0) is 10.4. The van der Waals surface area contributed by atoms with Gasteiger partial charge in [0.2, 0.25) is 0 Å². The van der Waals surface area contributed by atoms with Gasteiger partial charge in [-0.25, -0.2) is 4.79 Å². The molecule has 14 heavy (non-hydrogen) atoms. The molecule has 0 saturated heterocycles. The van der Waals surface area contributed by atoms with E-state index in [1.54, 1.807) is 18.2 Å². The highest BCUT2D eigenvalue weighted by molar-refractivity contribution is 6.32. The maximum atomic E-state index is 10.1. The zero-order valence-corrected chi connectivity index (χ0v) is 8.11. The average molecular weight is 209 g/mol. The summed E-state index contributed by atoms with van der Waals surface area (Å²) < 4.78 is 0. The molecule has 1 N–H and O–H groups in total. The minimum absolute atomic E-state index is 0.646. The van der Waals surface area contributed by atoms with Crippen LogP contribution in [0.5, 0.6) is 0 Å². The van der Waals surface area contributed by atoms with Crippen LogP contribution in [0.25, 0.3) is 6.08 Å². The van der Waals surface area contributed by atoms with Crippen molar-refractivity contribution in [2.24, 2.45) is 0 Å². The number of allylic oxidation sites excluding steroid dienone is 2. The number of benzene rings is 1. The average Bonchev–Trinajstić information content (AvgIpc) is 2.15. The second-order valence-electron chi connectivity index (χ2n) is 2.58. The van der Waals surface area contributed by atoms with Crippen LogP contribution in [0.1, 0.15) is 5.56 Å². The van der Waals surface area contributed by atoms with Crippen LogP contribution in [0.2, 0.25) is 5.02 Å². The molecule has 0 saturated carbocycles. The normalized spacial score (nSPS) is 11.2. The third-order valence-corrected chi connectivity index (χ3v) is 1.88. The number of aliphatic carboxylic acids is 1. The van der Waals surface area contributed by atoms with Gasteiger partial charge in [-0.3, -0.25) is 0 Å². The summed E-state index contributed by atoms with van der Waals surface area (Å²) in [6.45, 7) is 0. The monoisotopic (exact) mass is 208 g/mol. The Labute approximate surface area is 87.1 Å². The van der Waals surface area contributed by atoms with Gasteiger partial charge < -0.3 is 5.11 Å². The molecule has 0 aliphatic carbocycles. The maximum Gasteiger partial charge on any atom is 0.328 e. The third-order valence-electron chi connectivity index (χ3n) is 1.53. The highest BCUT2D eigenvalue weighted by atomic mass is 35.5. The van der Waals surface area contributed by atoms with Crippen molar-refractivity contribution in [1.29, 1.82) is 0 Å². The molecule has 1 aromatic rings. The van der Waals surface area contributed by atoms with Crippen molar-refractivity contribution in [2.75, 3.05) is 0 Å². The number of hydrogen-bond acceptors (Lipinski definition) is 1. The van der Waals surface area contributed by atoms with Gasteiger partial charge in [0, 0.05) is 11.1 Å². The number of carboxylic acid groups (broad SMARTS) is 1. The summed E-state index contributed by atoms with van der Waals surface area (Å²) >= 11 is 5.87. The first-order valence-corrected chi connectivity index (χ1v) is 4.40. The van der Waals surface area contributed by atoms with Gasteiger partial charge in [-0.1, -0.05) is 48.0 Å². The van der Waals surface area contributed by atoms with Gasteiger partial charge in [0.1, 0.15) is 0 Å². The Bertz CT molecular complexity index is 381. The van der Waals surface area contributed by atoms with Gasteiger partial charge >= 0.3 is 5.97 Å². The zero-order valence-electron chi connectivity index (χ0n) is 7.35. The largest absolute Gasteiger partial charge is 0.478 e. The van der Waals surface area contributed by atoms with Crippen LogP contribution < -0.4 is 0 Å². The SMILES string of the molecule is O=C(O)/C=C/C=C/c1ccccc1Cl. The molecule has 0 aliphatic rings. The molecule has 0 radical (unpaired) electrons. The van der Waals surface area contributed by atoms with Gasteiger partial charge in [0.25, 0.3) is 0 Å². The Morgan fingerprint density at radius 2 is 2.00 bits per heavy atom. The first kappa shape index (κ1) is 10.5. The van der Waals surface area contributed by atoms with Crippen LogP contribution in [-0.4, -0.2) is 11.1 Å². The molecular formula is C11H9ClO2. The third kappa shape index (κ3) is 3.46. The van der Waals surface area contributed by atoms with Crippen LogP contribution in [0.15, 0.2) is 42.5 Å². The van der Waals surface area contributed by atoms with Crippen molar-refractivity contribution < 1.29 is 9.90 Å². The van der Waals surface area contributed by atoms with Crippen molar-refractivity contribution in [1.82, 2.24) is 0 Å². The molecule has 2 nitrogen and oxygen atoms in total. The quantitative estimate of drug-likeness (QED) is 0.613. The maximum absolute atomic E-state index is 10.1. The van der Waals surface area contributed by atoms with Gasteiger partial charge in [-0.2, -0.15) is 0 Å². The fourth-order valence-electron chi connectivity index (χ4n) is 0.907. The predicted molar refractivity (Wildman–Crippen MR) is 57.3 cm³/mol. The Morgan fingerprint density at radius 3 is 2.64 bits per heavy atom. The van der Waals surface area contributed by atoms with E-state index in [0.29, 0.717) is 5.02 Å². The topological polar surface area (TPSA) is 37.3 Å². The molecular weight excluding hydrogens is 200 g/mol. The highest BCUT2D eigenvalue weighted by Gasteiger charge is 1.91. The van der Waals surface area contributed by atoms with E-state index in [1.807, 2.05) is 18.2 Å². The lowest BCUT2D eigenvalue weighted by Gasteiger charge is -1.94.